The van der Waals surface area contributed by atoms with Crippen LogP contribution in [0.15, 0.2) is 54.9 Å². The summed E-state index contributed by atoms with van der Waals surface area (Å²) < 4.78 is 2.18. The number of aromatic nitrogens is 1. The van der Waals surface area contributed by atoms with Gasteiger partial charge in [0, 0.05) is 37.5 Å². The summed E-state index contributed by atoms with van der Waals surface area (Å²) in [6.45, 7) is 0.925. The summed E-state index contributed by atoms with van der Waals surface area (Å²) in [5, 5.41) is 0. The fourth-order valence-corrected chi connectivity index (χ4v) is 1.65. The number of rotatable bonds is 3. The van der Waals surface area contributed by atoms with Crippen molar-refractivity contribution in [3.8, 4) is 0 Å². The summed E-state index contributed by atoms with van der Waals surface area (Å²) in [6, 6.07) is 14.7. The zero-order valence-corrected chi connectivity index (χ0v) is 16.8. The topological polar surface area (TPSA) is 7.12 Å². The quantitative estimate of drug-likeness (QED) is 0.255. The van der Waals surface area contributed by atoms with E-state index in [4.69, 9.17) is 0 Å². The van der Waals surface area contributed by atoms with Crippen LogP contribution in [0.4, 0.5) is 5.69 Å². The van der Waals surface area contributed by atoms with E-state index in [1.54, 1.807) is 0 Å². The molecule has 1 aromatic heterocycles. The molecule has 0 fully saturated rings. The predicted molar refractivity (Wildman–Crippen MR) is 76.4 cm³/mol. The van der Waals surface area contributed by atoms with E-state index < -0.39 is 0 Å². The van der Waals surface area contributed by atoms with E-state index in [0.29, 0.717) is 0 Å². The van der Waals surface area contributed by atoms with Crippen molar-refractivity contribution in [3.63, 3.8) is 0 Å². The van der Waals surface area contributed by atoms with Crippen molar-refractivity contribution < 1.29 is 32.8 Å². The second kappa shape index (κ2) is 18.6. The van der Waals surface area contributed by atoms with E-state index in [9.17, 15) is 0 Å². The van der Waals surface area contributed by atoms with Gasteiger partial charge in [-0.1, -0.05) is 30.3 Å². The van der Waals surface area contributed by atoms with E-state index in [2.05, 4.69) is 72.4 Å². The predicted octanol–water partition coefficient (Wildman–Crippen LogP) is -17.1. The first-order valence-corrected chi connectivity index (χ1v) is 5.46. The van der Waals surface area contributed by atoms with Gasteiger partial charge in [0.2, 0.25) is 0 Å². The van der Waals surface area contributed by atoms with Crippen LogP contribution >= 0.6 is 0 Å². The summed E-state index contributed by atoms with van der Waals surface area (Å²) in [6.07, 6.45) is 4.23. The molecule has 0 aliphatic rings. The fraction of sp³-hybridized carbons (Fsp3) is 0.214. The standard InChI is InChI=1S/C14H17N2.6FH.Sb.3H/c1-15(2)14-8-10-16(11-9-14)12-13-6-4-3-5-7-13;;;;;;;;;;/h3-11H,12H2,1-2H3;6*1H;;;;/q+1;;;;;;;;;;/p-6. The maximum atomic E-state index is 2.18. The maximum absolute atomic E-state index is 2.18. The Bertz CT molecular complexity index is 457. The molecule has 2 rings (SSSR count). The van der Waals surface area contributed by atoms with E-state index in [-0.39, 0.29) is 52.7 Å². The Kier molecular flexibility index (Phi) is 30.5. The third kappa shape index (κ3) is 11.7. The Balaban J connectivity index is -0.000000103. The van der Waals surface area contributed by atoms with Crippen molar-refractivity contribution in [1.29, 1.82) is 0 Å². The van der Waals surface area contributed by atoms with Crippen LogP contribution in [-0.4, -0.2) is 38.5 Å². The zero-order chi connectivity index (χ0) is 11.4. The van der Waals surface area contributed by atoms with Crippen LogP contribution in [0.1, 0.15) is 5.56 Å². The molecule has 23 heavy (non-hydrogen) atoms. The summed E-state index contributed by atoms with van der Waals surface area (Å²) >= 11 is 0. The first-order valence-electron chi connectivity index (χ1n) is 5.46. The molecular weight excluding hydrogens is 432 g/mol. The van der Waals surface area contributed by atoms with E-state index in [1.807, 2.05) is 6.07 Å². The molecule has 0 saturated carbocycles. The number of halogens is 6. The summed E-state index contributed by atoms with van der Waals surface area (Å²) in [7, 11) is 4.10. The van der Waals surface area contributed by atoms with Crippen molar-refractivity contribution >= 4 is 30.1 Å². The van der Waals surface area contributed by atoms with Gasteiger partial charge in [-0.2, -0.15) is 0 Å². The number of hydrogen-bond acceptors (Lipinski definition) is 1. The van der Waals surface area contributed by atoms with Gasteiger partial charge in [-0.15, -0.1) is 0 Å². The average molecular weight is 452 g/mol. The molecule has 0 amide bonds. The average Bonchev–Trinajstić information content (AvgIpc) is 2.31. The zero-order valence-electron chi connectivity index (χ0n) is 12.8. The van der Waals surface area contributed by atoms with Crippen LogP contribution in [-0.2, 0) is 6.54 Å². The van der Waals surface area contributed by atoms with Gasteiger partial charge in [0.1, 0.15) is 0 Å². The molecule has 0 unspecified atom stereocenters. The second-order valence-corrected chi connectivity index (χ2v) is 4.11. The molecule has 9 heteroatoms. The molecule has 0 spiro atoms. The van der Waals surface area contributed by atoms with E-state index >= 15 is 0 Å². The van der Waals surface area contributed by atoms with Crippen LogP contribution in [0.5, 0.6) is 0 Å². The Hall–Kier alpha value is -1.43. The SMILES string of the molecule is CN(C)c1cc[n+](Cc2ccccc2)cc1.[F-].[F-].[F-].[F-].[F-].[F-].[SbH3]. The van der Waals surface area contributed by atoms with Crippen LogP contribution in [0, 0.1) is 0 Å². The molecular formula is C14H20F6N2Sb-5. The van der Waals surface area contributed by atoms with Crippen molar-refractivity contribution in [2.45, 2.75) is 6.54 Å². The molecule has 2 aromatic rings. The van der Waals surface area contributed by atoms with Crippen molar-refractivity contribution in [2.75, 3.05) is 19.0 Å². The Labute approximate surface area is 149 Å². The van der Waals surface area contributed by atoms with Crippen molar-refractivity contribution in [1.82, 2.24) is 0 Å². The fourth-order valence-electron chi connectivity index (χ4n) is 1.65. The molecule has 1 heterocycles. The van der Waals surface area contributed by atoms with Crippen LogP contribution < -0.4 is 37.7 Å². The van der Waals surface area contributed by atoms with Gasteiger partial charge < -0.3 is 33.1 Å². The van der Waals surface area contributed by atoms with Crippen LogP contribution in [0.25, 0.3) is 0 Å². The summed E-state index contributed by atoms with van der Waals surface area (Å²) in [5.74, 6) is 0. The number of pyridine rings is 1. The second-order valence-electron chi connectivity index (χ2n) is 4.11. The monoisotopic (exact) mass is 451 g/mol. The first kappa shape index (κ1) is 37.6. The minimum atomic E-state index is 0. The Morgan fingerprint density at radius 2 is 1.17 bits per heavy atom. The van der Waals surface area contributed by atoms with Gasteiger partial charge in [0.05, 0.1) is 0 Å². The summed E-state index contributed by atoms with van der Waals surface area (Å²) in [4.78, 5) is 2.10. The van der Waals surface area contributed by atoms with Crippen molar-refractivity contribution in [2.24, 2.45) is 0 Å². The molecule has 138 valence electrons. The van der Waals surface area contributed by atoms with Crippen molar-refractivity contribution in [3.05, 3.63) is 60.4 Å². The third-order valence-corrected chi connectivity index (χ3v) is 2.60. The van der Waals surface area contributed by atoms with Gasteiger partial charge in [-0.3, -0.25) is 0 Å². The molecule has 0 N–H and O–H groups in total. The molecule has 0 bridgehead atoms. The van der Waals surface area contributed by atoms with Gasteiger partial charge in [-0.25, -0.2) is 4.57 Å². The van der Waals surface area contributed by atoms with Gasteiger partial charge in [0.25, 0.3) is 0 Å². The molecule has 2 nitrogen and oxygen atoms in total. The van der Waals surface area contributed by atoms with Gasteiger partial charge in [-0.05, 0) is 0 Å². The molecule has 1 aromatic carbocycles. The van der Waals surface area contributed by atoms with Gasteiger partial charge >= 0.3 is 24.4 Å². The number of benzene rings is 1. The van der Waals surface area contributed by atoms with E-state index in [0.717, 1.165) is 6.54 Å². The number of anilines is 1. The van der Waals surface area contributed by atoms with E-state index in [1.165, 1.54) is 11.3 Å². The molecule has 0 radical (unpaired) electrons. The van der Waals surface area contributed by atoms with Crippen LogP contribution in [0.2, 0.25) is 0 Å². The van der Waals surface area contributed by atoms with Gasteiger partial charge in [0.15, 0.2) is 18.9 Å². The molecule has 0 aliphatic heterocycles. The Morgan fingerprint density at radius 1 is 0.739 bits per heavy atom. The number of hydrogen-bond donors (Lipinski definition) is 0. The normalized spacial score (nSPS) is 7.04. The first-order chi connectivity index (χ1) is 7.75. The Morgan fingerprint density at radius 3 is 1.57 bits per heavy atom. The summed E-state index contributed by atoms with van der Waals surface area (Å²) in [5.41, 5.74) is 2.55. The van der Waals surface area contributed by atoms with Crippen LogP contribution in [0.3, 0.4) is 0 Å². The molecule has 0 atom stereocenters. The number of nitrogens with zero attached hydrogens (tertiary/aromatic N) is 2. The third-order valence-electron chi connectivity index (χ3n) is 2.60. The molecule has 0 saturated heterocycles. The minimum absolute atomic E-state index is 0. The molecule has 0 aliphatic carbocycles.